The molecule has 1 atom stereocenters. The summed E-state index contributed by atoms with van der Waals surface area (Å²) in [6.07, 6.45) is 1.74. The molecule has 1 aliphatic heterocycles. The number of aromatic nitrogens is 2. The molecule has 0 bridgehead atoms. The predicted octanol–water partition coefficient (Wildman–Crippen LogP) is 5.32. The standard InChI is InChI=1S/C24H24F2N4O3/c1-4-5-12-30-14(2)20(21(27-24(30)31)15-6-9-17(25)10-7-15)23-28-22(29-33-23)16-8-11-19(32-3)18(26)13-16/h6-11,13,21H,4-5,12H2,1-3H3,(H,27,31). The lowest BCUT2D eigenvalue weighted by molar-refractivity contribution is 0.204. The quantitative estimate of drug-likeness (QED) is 0.523. The Kier molecular flexibility index (Phi) is 6.39. The third-order valence-corrected chi connectivity index (χ3v) is 5.60. The van der Waals surface area contributed by atoms with Crippen LogP contribution in [0, 0.1) is 11.6 Å². The van der Waals surface area contributed by atoms with E-state index in [4.69, 9.17) is 9.26 Å². The molecule has 0 radical (unpaired) electrons. The number of methoxy groups -OCH3 is 1. The van der Waals surface area contributed by atoms with Crippen LogP contribution in [0.4, 0.5) is 13.6 Å². The van der Waals surface area contributed by atoms with Crippen molar-refractivity contribution < 1.29 is 22.8 Å². The highest BCUT2D eigenvalue weighted by molar-refractivity contribution is 5.86. The molecule has 1 aliphatic rings. The Morgan fingerprint density at radius 3 is 2.61 bits per heavy atom. The van der Waals surface area contributed by atoms with Crippen molar-refractivity contribution >= 4 is 11.6 Å². The van der Waals surface area contributed by atoms with Crippen molar-refractivity contribution in [2.75, 3.05) is 13.7 Å². The molecule has 1 aromatic heterocycles. The van der Waals surface area contributed by atoms with Gasteiger partial charge in [0.2, 0.25) is 5.82 Å². The minimum atomic E-state index is -0.614. The summed E-state index contributed by atoms with van der Waals surface area (Å²) in [5, 5.41) is 6.99. The number of hydrogen-bond acceptors (Lipinski definition) is 5. The summed E-state index contributed by atoms with van der Waals surface area (Å²) in [5.41, 5.74) is 2.36. The molecule has 33 heavy (non-hydrogen) atoms. The maximum Gasteiger partial charge on any atom is 0.322 e. The van der Waals surface area contributed by atoms with Gasteiger partial charge >= 0.3 is 6.03 Å². The number of allylic oxidation sites excluding steroid dienone is 1. The zero-order valence-corrected chi connectivity index (χ0v) is 18.6. The largest absolute Gasteiger partial charge is 0.494 e. The van der Waals surface area contributed by atoms with Crippen molar-refractivity contribution in [1.82, 2.24) is 20.4 Å². The smallest absolute Gasteiger partial charge is 0.322 e. The second kappa shape index (κ2) is 9.40. The Labute approximate surface area is 190 Å². The predicted molar refractivity (Wildman–Crippen MR) is 118 cm³/mol. The lowest BCUT2D eigenvalue weighted by atomic mass is 9.94. The number of ether oxygens (including phenoxy) is 1. The number of hydrogen-bond donors (Lipinski definition) is 1. The maximum absolute atomic E-state index is 14.2. The first-order valence-corrected chi connectivity index (χ1v) is 10.6. The molecule has 0 spiro atoms. The number of unbranched alkanes of at least 4 members (excludes halogenated alkanes) is 1. The molecular weight excluding hydrogens is 430 g/mol. The summed E-state index contributed by atoms with van der Waals surface area (Å²) >= 11 is 0. The van der Waals surface area contributed by atoms with E-state index in [9.17, 15) is 13.6 Å². The first-order valence-electron chi connectivity index (χ1n) is 10.6. The van der Waals surface area contributed by atoms with Crippen molar-refractivity contribution in [1.29, 1.82) is 0 Å². The highest BCUT2D eigenvalue weighted by atomic mass is 19.1. The van der Waals surface area contributed by atoms with Crippen LogP contribution >= 0.6 is 0 Å². The number of amides is 2. The van der Waals surface area contributed by atoms with Crippen molar-refractivity contribution in [2.45, 2.75) is 32.7 Å². The first kappa shape index (κ1) is 22.4. The summed E-state index contributed by atoms with van der Waals surface area (Å²) in [6, 6.07) is 9.38. The molecule has 2 heterocycles. The van der Waals surface area contributed by atoms with E-state index in [-0.39, 0.29) is 29.3 Å². The van der Waals surface area contributed by atoms with Crippen molar-refractivity contribution in [2.24, 2.45) is 0 Å². The Hall–Kier alpha value is -3.75. The molecular formula is C24H24F2N4O3. The number of urea groups is 1. The minimum Gasteiger partial charge on any atom is -0.494 e. The van der Waals surface area contributed by atoms with Gasteiger partial charge in [-0.05, 0) is 49.2 Å². The molecule has 2 aromatic carbocycles. The third-order valence-electron chi connectivity index (χ3n) is 5.60. The highest BCUT2D eigenvalue weighted by Crippen LogP contribution is 2.37. The van der Waals surface area contributed by atoms with Gasteiger partial charge in [0.1, 0.15) is 5.82 Å². The van der Waals surface area contributed by atoms with Crippen molar-refractivity contribution in [3.05, 3.63) is 71.3 Å². The van der Waals surface area contributed by atoms with Gasteiger partial charge < -0.3 is 14.6 Å². The number of nitrogens with one attached hydrogen (secondary N) is 1. The monoisotopic (exact) mass is 454 g/mol. The fourth-order valence-corrected chi connectivity index (χ4v) is 3.80. The van der Waals surface area contributed by atoms with Crippen LogP contribution in [0.25, 0.3) is 17.0 Å². The molecule has 7 nitrogen and oxygen atoms in total. The summed E-state index contributed by atoms with van der Waals surface area (Å²) < 4.78 is 38.2. The molecule has 0 aliphatic carbocycles. The molecule has 9 heteroatoms. The Morgan fingerprint density at radius 2 is 1.94 bits per heavy atom. The van der Waals surface area contributed by atoms with Gasteiger partial charge in [0.05, 0.1) is 18.7 Å². The third kappa shape index (κ3) is 4.44. The maximum atomic E-state index is 14.2. The van der Waals surface area contributed by atoms with E-state index >= 15 is 0 Å². The summed E-state index contributed by atoms with van der Waals surface area (Å²) in [5.74, 6) is -0.429. The van der Waals surface area contributed by atoms with Crippen LogP contribution in [0.2, 0.25) is 0 Å². The van der Waals surface area contributed by atoms with Crippen LogP contribution < -0.4 is 10.1 Å². The van der Waals surface area contributed by atoms with Crippen LogP contribution in [0.1, 0.15) is 44.2 Å². The molecule has 3 aromatic rings. The van der Waals surface area contributed by atoms with E-state index in [1.54, 1.807) is 23.1 Å². The van der Waals surface area contributed by atoms with Crippen molar-refractivity contribution in [3.63, 3.8) is 0 Å². The van der Waals surface area contributed by atoms with Gasteiger partial charge in [-0.25, -0.2) is 13.6 Å². The molecule has 0 fully saturated rings. The van der Waals surface area contributed by atoms with E-state index in [0.717, 1.165) is 12.8 Å². The van der Waals surface area contributed by atoms with E-state index in [2.05, 4.69) is 15.5 Å². The SMILES string of the molecule is CCCCN1C(=O)NC(c2ccc(F)cc2)C(c2nc(-c3ccc(OC)c(F)c3)no2)=C1C. The van der Waals surface area contributed by atoms with Crippen LogP contribution in [-0.4, -0.2) is 34.7 Å². The summed E-state index contributed by atoms with van der Waals surface area (Å²) in [6.45, 7) is 4.39. The number of carbonyl (C=O) groups is 1. The second-order valence-electron chi connectivity index (χ2n) is 7.71. The zero-order chi connectivity index (χ0) is 23.5. The Morgan fingerprint density at radius 1 is 1.18 bits per heavy atom. The summed E-state index contributed by atoms with van der Waals surface area (Å²) in [4.78, 5) is 19.0. The van der Waals surface area contributed by atoms with Gasteiger partial charge in [-0.2, -0.15) is 4.98 Å². The fourth-order valence-electron chi connectivity index (χ4n) is 3.80. The van der Waals surface area contributed by atoms with Crippen LogP contribution in [0.5, 0.6) is 5.75 Å². The van der Waals surface area contributed by atoms with Gasteiger partial charge in [0, 0.05) is 17.8 Å². The zero-order valence-electron chi connectivity index (χ0n) is 18.6. The van der Waals surface area contributed by atoms with Gasteiger partial charge in [0.15, 0.2) is 11.6 Å². The van der Waals surface area contributed by atoms with Crippen molar-refractivity contribution in [3.8, 4) is 17.1 Å². The van der Waals surface area contributed by atoms with E-state index in [1.807, 2.05) is 13.8 Å². The van der Waals surface area contributed by atoms with Gasteiger partial charge in [-0.1, -0.05) is 30.6 Å². The van der Waals surface area contributed by atoms with E-state index in [0.29, 0.717) is 28.9 Å². The lowest BCUT2D eigenvalue weighted by Crippen LogP contribution is -2.46. The number of rotatable bonds is 7. The lowest BCUT2D eigenvalue weighted by Gasteiger charge is -2.35. The Balaban J connectivity index is 1.78. The van der Waals surface area contributed by atoms with E-state index < -0.39 is 11.9 Å². The number of nitrogens with zero attached hydrogens (tertiary/aromatic N) is 3. The molecule has 2 amide bonds. The number of benzene rings is 2. The average molecular weight is 454 g/mol. The molecule has 1 unspecified atom stereocenters. The van der Waals surface area contributed by atoms with Crippen LogP contribution in [0.15, 0.2) is 52.7 Å². The first-order chi connectivity index (χ1) is 15.9. The van der Waals surface area contributed by atoms with E-state index in [1.165, 1.54) is 31.4 Å². The molecule has 0 saturated heterocycles. The van der Waals surface area contributed by atoms with Crippen LogP contribution in [-0.2, 0) is 0 Å². The molecule has 4 rings (SSSR count). The molecule has 0 saturated carbocycles. The average Bonchev–Trinajstić information content (AvgIpc) is 3.29. The molecule has 1 N–H and O–H groups in total. The van der Waals surface area contributed by atoms with Gasteiger partial charge in [-0.15, -0.1) is 0 Å². The van der Waals surface area contributed by atoms with Gasteiger partial charge in [-0.3, -0.25) is 4.90 Å². The number of carbonyl (C=O) groups excluding carboxylic acids is 1. The topological polar surface area (TPSA) is 80.5 Å². The Bertz CT molecular complexity index is 1190. The highest BCUT2D eigenvalue weighted by Gasteiger charge is 2.35. The van der Waals surface area contributed by atoms with Gasteiger partial charge in [0.25, 0.3) is 5.89 Å². The number of halogens is 2. The second-order valence-corrected chi connectivity index (χ2v) is 7.71. The minimum absolute atomic E-state index is 0.110. The fraction of sp³-hybridized carbons (Fsp3) is 0.292. The molecule has 172 valence electrons. The normalized spacial score (nSPS) is 16.2. The van der Waals surface area contributed by atoms with Crippen LogP contribution in [0.3, 0.4) is 0 Å². The summed E-state index contributed by atoms with van der Waals surface area (Å²) in [7, 11) is 1.39.